The molecule has 0 aromatic rings. The maximum atomic E-state index is 10.1. The van der Waals surface area contributed by atoms with Gasteiger partial charge < -0.3 is 5.11 Å². The van der Waals surface area contributed by atoms with E-state index >= 15 is 0 Å². The van der Waals surface area contributed by atoms with Crippen LogP contribution in [0.4, 0.5) is 0 Å². The second kappa shape index (κ2) is 8.45. The average molecular weight is 137 g/mol. The molecule has 0 N–H and O–H groups in total. The molecule has 0 bridgehead atoms. The summed E-state index contributed by atoms with van der Waals surface area (Å²) in [6.45, 7) is 6.33. The molecule has 0 saturated heterocycles. The predicted molar refractivity (Wildman–Crippen MR) is 31.0 cm³/mol. The van der Waals surface area contributed by atoms with Gasteiger partial charge in [-0.3, -0.25) is 0 Å². The number of hydrogen-bond donors (Lipinski definition) is 0. The fourth-order valence-electron chi connectivity index (χ4n) is 0. The first-order valence-electron chi connectivity index (χ1n) is 2.43. The summed E-state index contributed by atoms with van der Waals surface area (Å²) >= 11 is 0. The van der Waals surface area contributed by atoms with Gasteiger partial charge in [0.1, 0.15) is 0 Å². The summed E-state index contributed by atoms with van der Waals surface area (Å²) in [5, 5.41) is 17.4. The minimum atomic E-state index is -0.750. The molecule has 0 aromatic carbocycles. The van der Waals surface area contributed by atoms with Crippen molar-refractivity contribution in [1.29, 1.82) is 5.26 Å². The summed E-state index contributed by atoms with van der Waals surface area (Å²) < 4.78 is 0. The van der Waals surface area contributed by atoms with Crippen molar-refractivity contribution in [3.63, 3.8) is 0 Å². The van der Waals surface area contributed by atoms with Crippen molar-refractivity contribution in [3.8, 4) is 6.07 Å². The minimum Gasteiger partial charge on any atom is -0.850 e. The number of rotatable bonds is 0. The Morgan fingerprint density at radius 2 is 1.33 bits per heavy atom. The summed E-state index contributed by atoms with van der Waals surface area (Å²) in [7, 11) is 0. The van der Waals surface area contributed by atoms with Crippen LogP contribution in [-0.2, 0) is 0 Å². The zero-order chi connectivity index (χ0) is 7.21. The zero-order valence-electron chi connectivity index (χ0n) is 6.86. The van der Waals surface area contributed by atoms with Crippen molar-refractivity contribution in [1.82, 2.24) is 0 Å². The molecule has 0 fully saturated rings. The van der Waals surface area contributed by atoms with Crippen LogP contribution >= 0.6 is 0 Å². The van der Waals surface area contributed by atoms with E-state index in [1.54, 1.807) is 26.8 Å². The Balaban J connectivity index is -0.0000000800. The Kier molecular flexibility index (Phi) is 15.2. The van der Waals surface area contributed by atoms with Crippen molar-refractivity contribution in [2.24, 2.45) is 0 Å². The smallest absolute Gasteiger partial charge is 0.850 e. The third-order valence-electron chi connectivity index (χ3n) is 0. The second-order valence-corrected chi connectivity index (χ2v) is 2.34. The van der Waals surface area contributed by atoms with E-state index in [-0.39, 0.29) is 29.6 Å². The van der Waals surface area contributed by atoms with E-state index in [0.29, 0.717) is 0 Å². The first-order chi connectivity index (χ1) is 3.41. The van der Waals surface area contributed by atoms with Crippen LogP contribution in [0.1, 0.15) is 27.7 Å². The van der Waals surface area contributed by atoms with Gasteiger partial charge in [-0.25, -0.2) is 0 Å². The van der Waals surface area contributed by atoms with Crippen LogP contribution in [-0.4, -0.2) is 5.60 Å². The standard InChI is InChI=1S/C4H9O.C2H3N.Na/c1-4(2,3)5;1-2-3;/h1-3H3;1H3;/q-1;;+1. The molecule has 2 nitrogen and oxygen atoms in total. The molecule has 0 unspecified atom stereocenters. The Labute approximate surface area is 79.2 Å². The molecule has 0 radical (unpaired) electrons. The van der Waals surface area contributed by atoms with Crippen LogP contribution in [0.5, 0.6) is 0 Å². The molecular formula is C6H12NNaO. The Bertz CT molecular complexity index is 74.0. The topological polar surface area (TPSA) is 46.8 Å². The van der Waals surface area contributed by atoms with Crippen LogP contribution in [0, 0.1) is 11.3 Å². The largest absolute Gasteiger partial charge is 1.00 e. The molecule has 0 spiro atoms. The van der Waals surface area contributed by atoms with Gasteiger partial charge >= 0.3 is 29.6 Å². The number of nitrogens with zero attached hydrogens (tertiary/aromatic N) is 1. The molecule has 0 aliphatic heterocycles. The molecule has 0 rings (SSSR count). The molecule has 0 aromatic heterocycles. The third kappa shape index (κ3) is 1740. The van der Waals surface area contributed by atoms with Gasteiger partial charge in [0.25, 0.3) is 0 Å². The van der Waals surface area contributed by atoms with Crippen LogP contribution < -0.4 is 34.7 Å². The average Bonchev–Trinajstić information content (AvgIpc) is 1.27. The molecule has 3 heteroatoms. The van der Waals surface area contributed by atoms with Crippen LogP contribution in [0.2, 0.25) is 0 Å². The minimum absolute atomic E-state index is 0. The van der Waals surface area contributed by atoms with Crippen molar-refractivity contribution in [2.45, 2.75) is 33.3 Å². The van der Waals surface area contributed by atoms with Crippen LogP contribution in [0.3, 0.4) is 0 Å². The molecule has 0 saturated carbocycles. The zero-order valence-corrected chi connectivity index (χ0v) is 8.86. The second-order valence-electron chi connectivity index (χ2n) is 2.34. The van der Waals surface area contributed by atoms with Crippen LogP contribution in [0.15, 0.2) is 0 Å². The fraction of sp³-hybridized carbons (Fsp3) is 0.833. The molecule has 0 aliphatic carbocycles. The number of nitriles is 1. The van der Waals surface area contributed by atoms with Crippen molar-refractivity contribution in [2.75, 3.05) is 0 Å². The van der Waals surface area contributed by atoms with Gasteiger partial charge in [-0.15, -0.1) is 5.60 Å². The molecule has 0 heterocycles. The summed E-state index contributed by atoms with van der Waals surface area (Å²) in [6.07, 6.45) is 0. The summed E-state index contributed by atoms with van der Waals surface area (Å²) in [6, 6.07) is 1.75. The SMILES string of the molecule is CC#N.CC(C)(C)[O-].[Na+]. The quantitative estimate of drug-likeness (QED) is 0.352. The fourth-order valence-corrected chi connectivity index (χ4v) is 0. The van der Waals surface area contributed by atoms with E-state index in [2.05, 4.69) is 0 Å². The first-order valence-corrected chi connectivity index (χ1v) is 2.43. The van der Waals surface area contributed by atoms with Gasteiger partial charge in [-0.2, -0.15) is 5.26 Å². The Morgan fingerprint density at radius 1 is 1.33 bits per heavy atom. The maximum Gasteiger partial charge on any atom is 1.00 e. The van der Waals surface area contributed by atoms with Gasteiger partial charge in [0, 0.05) is 6.92 Å². The summed E-state index contributed by atoms with van der Waals surface area (Å²) in [5.74, 6) is 0. The van der Waals surface area contributed by atoms with E-state index in [9.17, 15) is 5.11 Å². The maximum absolute atomic E-state index is 10.1. The van der Waals surface area contributed by atoms with Crippen LogP contribution in [0.25, 0.3) is 0 Å². The van der Waals surface area contributed by atoms with Gasteiger partial charge in [-0.05, 0) is 0 Å². The Hall–Kier alpha value is 0.450. The van der Waals surface area contributed by atoms with E-state index in [1.165, 1.54) is 6.92 Å². The van der Waals surface area contributed by atoms with Crippen molar-refractivity contribution >= 4 is 0 Å². The monoisotopic (exact) mass is 137 g/mol. The van der Waals surface area contributed by atoms with Gasteiger partial charge in [-0.1, -0.05) is 20.8 Å². The third-order valence-corrected chi connectivity index (χ3v) is 0. The molecule has 0 amide bonds. The Morgan fingerprint density at radius 3 is 1.33 bits per heavy atom. The molecular weight excluding hydrogens is 125 g/mol. The summed E-state index contributed by atoms with van der Waals surface area (Å²) in [5.41, 5.74) is -0.750. The van der Waals surface area contributed by atoms with Gasteiger partial charge in [0.15, 0.2) is 0 Å². The van der Waals surface area contributed by atoms with Crippen molar-refractivity contribution in [3.05, 3.63) is 0 Å². The molecule has 0 aliphatic rings. The van der Waals surface area contributed by atoms with E-state index in [1.807, 2.05) is 0 Å². The van der Waals surface area contributed by atoms with Gasteiger partial charge in [0.05, 0.1) is 6.07 Å². The normalized spacial score (nSPS) is 7.56. The van der Waals surface area contributed by atoms with E-state index in [0.717, 1.165) is 0 Å². The first kappa shape index (κ1) is 16.2. The van der Waals surface area contributed by atoms with Gasteiger partial charge in [0.2, 0.25) is 0 Å². The van der Waals surface area contributed by atoms with E-state index < -0.39 is 5.60 Å². The summed E-state index contributed by atoms with van der Waals surface area (Å²) in [4.78, 5) is 0. The van der Waals surface area contributed by atoms with E-state index in [4.69, 9.17) is 5.26 Å². The molecule has 0 atom stereocenters. The molecule has 48 valence electrons. The molecule has 9 heavy (non-hydrogen) atoms. The number of hydrogen-bond acceptors (Lipinski definition) is 2. The predicted octanol–water partition coefficient (Wildman–Crippen LogP) is -2.32. The van der Waals surface area contributed by atoms with Crippen molar-refractivity contribution < 1.29 is 34.7 Å².